The van der Waals surface area contributed by atoms with Gasteiger partial charge in [-0.3, -0.25) is 4.90 Å². The molecule has 1 N–H and O–H groups in total. The van der Waals surface area contributed by atoms with E-state index in [9.17, 15) is 5.11 Å². The molecule has 1 saturated heterocycles. The summed E-state index contributed by atoms with van der Waals surface area (Å²) in [6, 6.07) is 1.30. The van der Waals surface area contributed by atoms with Gasteiger partial charge in [-0.1, -0.05) is 0 Å². The van der Waals surface area contributed by atoms with Crippen LogP contribution in [0.15, 0.2) is 0 Å². The molecule has 2 rings (SSSR count). The minimum Gasteiger partial charge on any atom is -0.393 e. The maximum atomic E-state index is 9.53. The lowest BCUT2D eigenvalue weighted by Gasteiger charge is -2.41. The van der Waals surface area contributed by atoms with Gasteiger partial charge in [0.05, 0.1) is 6.10 Å². The molecular formula is C11H22N2O. The molecule has 0 aromatic heterocycles. The predicted molar refractivity (Wildman–Crippen MR) is 57.3 cm³/mol. The zero-order valence-electron chi connectivity index (χ0n) is 9.32. The van der Waals surface area contributed by atoms with Crippen LogP contribution in [-0.4, -0.2) is 59.8 Å². The van der Waals surface area contributed by atoms with Gasteiger partial charge in [0.25, 0.3) is 0 Å². The number of piperazine rings is 1. The molecule has 0 amide bonds. The molecule has 3 heteroatoms. The smallest absolute Gasteiger partial charge is 0.0555 e. The lowest BCUT2D eigenvalue weighted by Crippen LogP contribution is -2.53. The van der Waals surface area contributed by atoms with Crippen molar-refractivity contribution < 1.29 is 5.11 Å². The van der Waals surface area contributed by atoms with Crippen molar-refractivity contribution in [3.8, 4) is 0 Å². The summed E-state index contributed by atoms with van der Waals surface area (Å²) in [6.07, 6.45) is 3.15. The Labute approximate surface area is 86.7 Å². The van der Waals surface area contributed by atoms with E-state index in [2.05, 4.69) is 23.8 Å². The fourth-order valence-electron chi connectivity index (χ4n) is 2.93. The number of nitrogens with zero attached hydrogens (tertiary/aromatic N) is 2. The average molecular weight is 198 g/mol. The second kappa shape index (κ2) is 4.17. The van der Waals surface area contributed by atoms with Gasteiger partial charge in [-0.25, -0.2) is 0 Å². The third-order valence-electron chi connectivity index (χ3n) is 3.73. The third-order valence-corrected chi connectivity index (χ3v) is 3.73. The maximum absolute atomic E-state index is 9.53. The van der Waals surface area contributed by atoms with Crippen molar-refractivity contribution in [1.29, 1.82) is 0 Å². The van der Waals surface area contributed by atoms with E-state index >= 15 is 0 Å². The van der Waals surface area contributed by atoms with Crippen molar-refractivity contribution in [3.63, 3.8) is 0 Å². The summed E-state index contributed by atoms with van der Waals surface area (Å²) < 4.78 is 0. The van der Waals surface area contributed by atoms with Gasteiger partial charge in [-0.05, 0) is 33.2 Å². The van der Waals surface area contributed by atoms with Crippen LogP contribution >= 0.6 is 0 Å². The van der Waals surface area contributed by atoms with Crippen LogP contribution in [0.25, 0.3) is 0 Å². The lowest BCUT2D eigenvalue weighted by atomic mass is 10.1. The van der Waals surface area contributed by atoms with E-state index < -0.39 is 0 Å². The maximum Gasteiger partial charge on any atom is 0.0555 e. The zero-order chi connectivity index (χ0) is 10.1. The van der Waals surface area contributed by atoms with Crippen molar-refractivity contribution in [2.75, 3.05) is 26.7 Å². The molecule has 0 aromatic carbocycles. The van der Waals surface area contributed by atoms with Gasteiger partial charge in [0.1, 0.15) is 0 Å². The summed E-state index contributed by atoms with van der Waals surface area (Å²) in [5.41, 5.74) is 0. The van der Waals surface area contributed by atoms with E-state index in [0.717, 1.165) is 12.8 Å². The Balaban J connectivity index is 1.91. The van der Waals surface area contributed by atoms with Crippen molar-refractivity contribution >= 4 is 0 Å². The molecule has 14 heavy (non-hydrogen) atoms. The van der Waals surface area contributed by atoms with Crippen molar-refractivity contribution in [3.05, 3.63) is 0 Å². The van der Waals surface area contributed by atoms with Gasteiger partial charge < -0.3 is 10.0 Å². The number of aliphatic hydroxyl groups excluding tert-OH is 1. The van der Waals surface area contributed by atoms with E-state index in [-0.39, 0.29) is 6.10 Å². The molecule has 3 unspecified atom stereocenters. The van der Waals surface area contributed by atoms with Gasteiger partial charge in [0.2, 0.25) is 0 Å². The van der Waals surface area contributed by atoms with E-state index in [0.29, 0.717) is 12.1 Å². The van der Waals surface area contributed by atoms with Crippen molar-refractivity contribution in [2.45, 2.75) is 44.4 Å². The number of hydrogen-bond donors (Lipinski definition) is 1. The predicted octanol–water partition coefficient (Wildman–Crippen LogP) is 0.536. The molecule has 2 aliphatic rings. The highest BCUT2D eigenvalue weighted by Crippen LogP contribution is 2.26. The van der Waals surface area contributed by atoms with E-state index in [4.69, 9.17) is 0 Å². The van der Waals surface area contributed by atoms with Crippen LogP contribution in [0.5, 0.6) is 0 Å². The summed E-state index contributed by atoms with van der Waals surface area (Å²) >= 11 is 0. The molecule has 0 bridgehead atoms. The minimum absolute atomic E-state index is 0.0353. The molecule has 2 fully saturated rings. The van der Waals surface area contributed by atoms with E-state index in [1.165, 1.54) is 26.1 Å². The van der Waals surface area contributed by atoms with Crippen molar-refractivity contribution in [2.24, 2.45) is 0 Å². The highest BCUT2D eigenvalue weighted by molar-refractivity contribution is 4.88. The Morgan fingerprint density at radius 2 is 2.00 bits per heavy atom. The van der Waals surface area contributed by atoms with Crippen LogP contribution < -0.4 is 0 Å². The van der Waals surface area contributed by atoms with E-state index in [1.54, 1.807) is 0 Å². The molecule has 0 spiro atoms. The first-order chi connectivity index (χ1) is 6.66. The fraction of sp³-hybridized carbons (Fsp3) is 1.00. The van der Waals surface area contributed by atoms with Gasteiger partial charge >= 0.3 is 0 Å². The molecule has 1 aliphatic carbocycles. The molecule has 0 radical (unpaired) electrons. The number of likely N-dealkylation sites (N-methyl/N-ethyl adjacent to an activating group) is 1. The quantitative estimate of drug-likeness (QED) is 0.666. The Bertz CT molecular complexity index is 198. The third kappa shape index (κ3) is 2.10. The number of aliphatic hydroxyl groups is 1. The van der Waals surface area contributed by atoms with Crippen LogP contribution in [0.1, 0.15) is 26.2 Å². The summed E-state index contributed by atoms with van der Waals surface area (Å²) in [7, 11) is 2.19. The Morgan fingerprint density at radius 3 is 2.57 bits per heavy atom. The summed E-state index contributed by atoms with van der Waals surface area (Å²) in [4.78, 5) is 4.99. The first-order valence-electron chi connectivity index (χ1n) is 5.79. The largest absolute Gasteiger partial charge is 0.393 e. The number of hydrogen-bond acceptors (Lipinski definition) is 3. The van der Waals surface area contributed by atoms with Crippen molar-refractivity contribution in [1.82, 2.24) is 9.80 Å². The zero-order valence-corrected chi connectivity index (χ0v) is 9.32. The van der Waals surface area contributed by atoms with Crippen LogP contribution in [0.4, 0.5) is 0 Å². The van der Waals surface area contributed by atoms with Crippen LogP contribution in [0, 0.1) is 0 Å². The standard InChI is InChI=1S/C11H22N2O/c1-9-8-12(2)5-6-13(9)10-3-4-11(14)7-10/h9-11,14H,3-8H2,1-2H3. The second-order valence-electron chi connectivity index (χ2n) is 4.97. The molecule has 1 aliphatic heterocycles. The second-order valence-corrected chi connectivity index (χ2v) is 4.97. The molecule has 0 aromatic rings. The van der Waals surface area contributed by atoms with Gasteiger partial charge in [-0.15, -0.1) is 0 Å². The topological polar surface area (TPSA) is 26.7 Å². The first-order valence-corrected chi connectivity index (χ1v) is 5.79. The molecule has 1 heterocycles. The van der Waals surface area contributed by atoms with Gasteiger partial charge in [-0.2, -0.15) is 0 Å². The fourth-order valence-corrected chi connectivity index (χ4v) is 2.93. The Kier molecular flexibility index (Phi) is 3.10. The van der Waals surface area contributed by atoms with E-state index in [1.807, 2.05) is 0 Å². The number of rotatable bonds is 1. The van der Waals surface area contributed by atoms with Crippen LogP contribution in [-0.2, 0) is 0 Å². The normalized spacial score (nSPS) is 41.8. The van der Waals surface area contributed by atoms with Crippen LogP contribution in [0.2, 0.25) is 0 Å². The molecule has 3 atom stereocenters. The molecular weight excluding hydrogens is 176 g/mol. The molecule has 82 valence electrons. The molecule has 3 nitrogen and oxygen atoms in total. The van der Waals surface area contributed by atoms with Gasteiger partial charge in [0.15, 0.2) is 0 Å². The Hall–Kier alpha value is -0.120. The first kappa shape index (κ1) is 10.4. The van der Waals surface area contributed by atoms with Gasteiger partial charge in [0, 0.05) is 31.7 Å². The summed E-state index contributed by atoms with van der Waals surface area (Å²) in [6.45, 7) is 5.83. The summed E-state index contributed by atoms with van der Waals surface area (Å²) in [5, 5.41) is 9.53. The monoisotopic (exact) mass is 198 g/mol. The Morgan fingerprint density at radius 1 is 1.21 bits per heavy atom. The SMILES string of the molecule is CC1CN(C)CCN1C1CCC(O)C1. The summed E-state index contributed by atoms with van der Waals surface area (Å²) in [5.74, 6) is 0. The van der Waals surface area contributed by atoms with Crippen LogP contribution in [0.3, 0.4) is 0 Å². The highest BCUT2D eigenvalue weighted by atomic mass is 16.3. The molecule has 1 saturated carbocycles. The highest BCUT2D eigenvalue weighted by Gasteiger charge is 2.32. The lowest BCUT2D eigenvalue weighted by molar-refractivity contribution is 0.0568. The average Bonchev–Trinajstić information content (AvgIpc) is 2.51. The minimum atomic E-state index is -0.0353.